The Kier molecular flexibility index (Phi) is 4.57. The van der Waals surface area contributed by atoms with Crippen LogP contribution in [0, 0.1) is 5.82 Å². The van der Waals surface area contributed by atoms with Crippen LogP contribution in [0.15, 0.2) is 23.1 Å². The van der Waals surface area contributed by atoms with E-state index in [1.54, 1.807) is 0 Å². The van der Waals surface area contributed by atoms with E-state index >= 15 is 0 Å². The molecular weight excluding hydrogens is 229 g/mol. The first kappa shape index (κ1) is 12.8. The number of benzene rings is 1. The molecule has 0 saturated heterocycles. The minimum atomic E-state index is -0.375. The van der Waals surface area contributed by atoms with E-state index in [1.165, 1.54) is 30.0 Å². The van der Waals surface area contributed by atoms with Crippen LogP contribution in [0.3, 0.4) is 0 Å². The molecular formula is C10H14FN3OS. The van der Waals surface area contributed by atoms with Crippen LogP contribution in [-0.2, 0) is 4.79 Å². The fourth-order valence-electron chi connectivity index (χ4n) is 1.18. The lowest BCUT2D eigenvalue weighted by molar-refractivity contribution is -0.120. The molecule has 0 aliphatic rings. The second-order valence-electron chi connectivity index (χ2n) is 3.21. The number of hydrogen-bond donors (Lipinski definition) is 3. The third kappa shape index (κ3) is 3.11. The average Bonchev–Trinajstić information content (AvgIpc) is 2.29. The fourth-order valence-corrected chi connectivity index (χ4v) is 2.21. The number of anilines is 1. The summed E-state index contributed by atoms with van der Waals surface area (Å²) < 4.78 is 13.0. The van der Waals surface area contributed by atoms with Crippen LogP contribution >= 0.6 is 11.8 Å². The van der Waals surface area contributed by atoms with E-state index in [4.69, 9.17) is 11.6 Å². The van der Waals surface area contributed by atoms with Crippen LogP contribution in [0.25, 0.3) is 0 Å². The summed E-state index contributed by atoms with van der Waals surface area (Å²) in [5.41, 5.74) is 8.21. The van der Waals surface area contributed by atoms with E-state index in [1.807, 2.05) is 6.92 Å². The van der Waals surface area contributed by atoms with Gasteiger partial charge >= 0.3 is 0 Å². The molecule has 0 aliphatic carbocycles. The Bertz CT molecular complexity index is 386. The molecule has 0 heterocycles. The molecule has 1 atom stereocenters. The largest absolute Gasteiger partial charge is 0.398 e. The molecule has 0 saturated carbocycles. The Balaban J connectivity index is 2.85. The van der Waals surface area contributed by atoms with Crippen molar-refractivity contribution < 1.29 is 9.18 Å². The van der Waals surface area contributed by atoms with Crippen molar-refractivity contribution in [1.29, 1.82) is 0 Å². The third-order valence-corrected chi connectivity index (χ3v) is 3.49. The van der Waals surface area contributed by atoms with Gasteiger partial charge in [-0.3, -0.25) is 10.2 Å². The van der Waals surface area contributed by atoms with Gasteiger partial charge in [-0.1, -0.05) is 6.92 Å². The van der Waals surface area contributed by atoms with Crippen LogP contribution in [0.4, 0.5) is 10.1 Å². The number of carbonyl (C=O) groups excluding carboxylic acids is 1. The molecule has 1 rings (SSSR count). The van der Waals surface area contributed by atoms with Crippen LogP contribution in [-0.4, -0.2) is 11.2 Å². The van der Waals surface area contributed by atoms with Gasteiger partial charge in [0.2, 0.25) is 5.91 Å². The molecule has 88 valence electrons. The molecule has 1 unspecified atom stereocenters. The zero-order valence-electron chi connectivity index (χ0n) is 8.87. The highest BCUT2D eigenvalue weighted by atomic mass is 32.2. The first-order chi connectivity index (χ1) is 7.58. The zero-order valence-corrected chi connectivity index (χ0v) is 9.68. The smallest absolute Gasteiger partial charge is 0.247 e. The maximum atomic E-state index is 13.0. The normalized spacial score (nSPS) is 12.2. The van der Waals surface area contributed by atoms with Gasteiger partial charge in [-0.05, 0) is 24.6 Å². The van der Waals surface area contributed by atoms with Crippen molar-refractivity contribution in [2.45, 2.75) is 23.5 Å². The number of nitrogens with one attached hydrogen (secondary N) is 1. The summed E-state index contributed by atoms with van der Waals surface area (Å²) in [7, 11) is 0. The van der Waals surface area contributed by atoms with Gasteiger partial charge in [-0.25, -0.2) is 10.2 Å². The first-order valence-electron chi connectivity index (χ1n) is 4.80. The number of nitrogens with two attached hydrogens (primary N) is 2. The van der Waals surface area contributed by atoms with E-state index in [-0.39, 0.29) is 17.0 Å². The number of carbonyl (C=O) groups is 1. The van der Waals surface area contributed by atoms with E-state index in [0.717, 1.165) is 0 Å². The summed E-state index contributed by atoms with van der Waals surface area (Å²) >= 11 is 1.21. The summed E-state index contributed by atoms with van der Waals surface area (Å²) in [6.45, 7) is 1.85. The molecule has 0 bridgehead atoms. The van der Waals surface area contributed by atoms with Gasteiger partial charge in [0.05, 0.1) is 5.25 Å². The number of amides is 1. The maximum Gasteiger partial charge on any atom is 0.247 e. The second-order valence-corrected chi connectivity index (χ2v) is 4.45. The molecule has 0 aliphatic heterocycles. The third-order valence-electron chi connectivity index (χ3n) is 2.05. The van der Waals surface area contributed by atoms with Crippen molar-refractivity contribution in [3.63, 3.8) is 0 Å². The summed E-state index contributed by atoms with van der Waals surface area (Å²) in [4.78, 5) is 11.9. The van der Waals surface area contributed by atoms with Crippen molar-refractivity contribution in [1.82, 2.24) is 5.43 Å². The monoisotopic (exact) mass is 243 g/mol. The van der Waals surface area contributed by atoms with Gasteiger partial charge < -0.3 is 5.73 Å². The minimum absolute atomic E-state index is 0.295. The lowest BCUT2D eigenvalue weighted by Crippen LogP contribution is -2.37. The van der Waals surface area contributed by atoms with Crippen molar-refractivity contribution >= 4 is 23.4 Å². The van der Waals surface area contributed by atoms with Crippen molar-refractivity contribution in [3.05, 3.63) is 24.0 Å². The highest BCUT2D eigenvalue weighted by molar-refractivity contribution is 8.00. The number of hydrogen-bond acceptors (Lipinski definition) is 4. The molecule has 6 heteroatoms. The minimum Gasteiger partial charge on any atom is -0.398 e. The Labute approximate surface area is 97.5 Å². The van der Waals surface area contributed by atoms with Crippen molar-refractivity contribution in [2.24, 2.45) is 5.84 Å². The topological polar surface area (TPSA) is 81.1 Å². The number of hydrazine groups is 1. The molecule has 16 heavy (non-hydrogen) atoms. The van der Waals surface area contributed by atoms with Gasteiger partial charge in [0.25, 0.3) is 0 Å². The molecule has 1 amide bonds. The van der Waals surface area contributed by atoms with Crippen LogP contribution < -0.4 is 17.0 Å². The van der Waals surface area contributed by atoms with E-state index in [0.29, 0.717) is 17.0 Å². The Hall–Kier alpha value is -1.27. The Morgan fingerprint density at radius 2 is 2.31 bits per heavy atom. The van der Waals surface area contributed by atoms with Gasteiger partial charge in [0, 0.05) is 10.6 Å². The highest BCUT2D eigenvalue weighted by Crippen LogP contribution is 2.30. The average molecular weight is 243 g/mol. The second kappa shape index (κ2) is 5.72. The summed E-state index contributed by atoms with van der Waals surface area (Å²) in [6, 6.07) is 4.07. The fraction of sp³-hybridized carbons (Fsp3) is 0.300. The quantitative estimate of drug-likeness (QED) is 0.244. The summed E-state index contributed by atoms with van der Waals surface area (Å²) in [5.74, 6) is 4.38. The van der Waals surface area contributed by atoms with Crippen molar-refractivity contribution in [3.8, 4) is 0 Å². The van der Waals surface area contributed by atoms with Gasteiger partial charge in [-0.2, -0.15) is 0 Å². The lowest BCUT2D eigenvalue weighted by Gasteiger charge is -2.13. The predicted molar refractivity (Wildman–Crippen MR) is 63.1 cm³/mol. The standard InChI is InChI=1S/C10H14FN3OS/c1-2-8(10(15)14-13)16-9-5-6(11)3-4-7(9)12/h3-5,8H,2,12-13H2,1H3,(H,14,15). The number of rotatable bonds is 4. The Morgan fingerprint density at radius 3 is 2.88 bits per heavy atom. The van der Waals surface area contributed by atoms with Crippen LogP contribution in [0.2, 0.25) is 0 Å². The van der Waals surface area contributed by atoms with Crippen molar-refractivity contribution in [2.75, 3.05) is 5.73 Å². The number of nitrogen functional groups attached to an aromatic ring is 1. The van der Waals surface area contributed by atoms with Gasteiger partial charge in [-0.15, -0.1) is 11.8 Å². The van der Waals surface area contributed by atoms with E-state index in [2.05, 4.69) is 5.43 Å². The molecule has 0 fully saturated rings. The number of halogens is 1. The maximum absolute atomic E-state index is 13.0. The Morgan fingerprint density at radius 1 is 1.62 bits per heavy atom. The van der Waals surface area contributed by atoms with Crippen LogP contribution in [0.5, 0.6) is 0 Å². The lowest BCUT2D eigenvalue weighted by atomic mass is 10.3. The summed E-state index contributed by atoms with van der Waals surface area (Å²) in [6.07, 6.45) is 0.587. The molecule has 4 nitrogen and oxygen atoms in total. The molecule has 1 aromatic rings. The van der Waals surface area contributed by atoms with Gasteiger partial charge in [0.15, 0.2) is 0 Å². The zero-order chi connectivity index (χ0) is 12.1. The first-order valence-corrected chi connectivity index (χ1v) is 5.68. The van der Waals surface area contributed by atoms with Crippen LogP contribution in [0.1, 0.15) is 13.3 Å². The molecule has 0 radical (unpaired) electrons. The van der Waals surface area contributed by atoms with E-state index in [9.17, 15) is 9.18 Å². The highest BCUT2D eigenvalue weighted by Gasteiger charge is 2.18. The molecule has 5 N–H and O–H groups in total. The van der Waals surface area contributed by atoms with Gasteiger partial charge in [0.1, 0.15) is 5.82 Å². The predicted octanol–water partition coefficient (Wildman–Crippen LogP) is 1.27. The molecule has 0 aromatic heterocycles. The van der Waals surface area contributed by atoms with E-state index < -0.39 is 0 Å². The summed E-state index contributed by atoms with van der Waals surface area (Å²) in [5, 5.41) is -0.367. The molecule has 0 spiro atoms. The SMILES string of the molecule is CCC(Sc1cc(F)ccc1N)C(=O)NN. The number of thioether (sulfide) groups is 1. The molecule has 1 aromatic carbocycles.